The molecule has 1 heterocycles. The molecule has 0 spiro atoms. The summed E-state index contributed by atoms with van der Waals surface area (Å²) >= 11 is 0. The van der Waals surface area contributed by atoms with Crippen LogP contribution < -0.4 is 16.0 Å². The lowest BCUT2D eigenvalue weighted by molar-refractivity contribution is 0.317. The number of hydrogen-bond donors (Lipinski definition) is 2. The molecule has 0 saturated carbocycles. The molecule has 5 nitrogen and oxygen atoms in total. The minimum atomic E-state index is -0.110. The van der Waals surface area contributed by atoms with Gasteiger partial charge in [-0.25, -0.2) is 10.4 Å². The Balaban J connectivity index is 2.15. The fourth-order valence-electron chi connectivity index (χ4n) is 1.91. The number of nitrogens with two attached hydrogens (primary N) is 1. The first-order valence-electron chi connectivity index (χ1n) is 6.41. The monoisotopic (exact) mass is 260 g/mol. The van der Waals surface area contributed by atoms with Crippen LogP contribution in [0.4, 0.5) is 0 Å². The van der Waals surface area contributed by atoms with E-state index in [1.807, 2.05) is 42.1 Å². The molecule has 19 heavy (non-hydrogen) atoms. The third-order valence-electron chi connectivity index (χ3n) is 2.87. The van der Waals surface area contributed by atoms with E-state index in [1.54, 1.807) is 6.33 Å². The van der Waals surface area contributed by atoms with E-state index in [2.05, 4.69) is 17.3 Å². The zero-order valence-electron chi connectivity index (χ0n) is 11.3. The molecular formula is C14H20N4O. The van der Waals surface area contributed by atoms with E-state index < -0.39 is 0 Å². The lowest BCUT2D eigenvalue weighted by Gasteiger charge is -2.14. The number of imidazole rings is 1. The Morgan fingerprint density at radius 1 is 1.37 bits per heavy atom. The third-order valence-corrected chi connectivity index (χ3v) is 2.87. The molecule has 102 valence electrons. The van der Waals surface area contributed by atoms with Gasteiger partial charge in [0.05, 0.1) is 24.7 Å². The molecule has 1 unspecified atom stereocenters. The van der Waals surface area contributed by atoms with Crippen molar-refractivity contribution in [3.05, 3.63) is 48.0 Å². The van der Waals surface area contributed by atoms with Gasteiger partial charge in [-0.05, 0) is 24.1 Å². The molecule has 0 aliphatic rings. The third kappa shape index (κ3) is 3.33. The molecule has 1 aromatic heterocycles. The van der Waals surface area contributed by atoms with Gasteiger partial charge in [-0.2, -0.15) is 0 Å². The second-order valence-corrected chi connectivity index (χ2v) is 4.48. The van der Waals surface area contributed by atoms with Crippen LogP contribution in [0.3, 0.4) is 0 Å². The Morgan fingerprint density at radius 3 is 2.63 bits per heavy atom. The fraction of sp³-hybridized carbons (Fsp3) is 0.357. The molecule has 0 aliphatic heterocycles. The van der Waals surface area contributed by atoms with Crippen molar-refractivity contribution in [2.45, 2.75) is 19.4 Å². The summed E-state index contributed by atoms with van der Waals surface area (Å²) in [5.74, 6) is 6.51. The average molecular weight is 260 g/mol. The standard InChI is InChI=1S/C14H20N4O/c1-3-8-19-12-6-4-11(5-7-12)14(17-15)13-9-18(2)10-16-13/h4-7,9-10,14,17H,3,8,15H2,1-2H3. The summed E-state index contributed by atoms with van der Waals surface area (Å²) in [4.78, 5) is 4.32. The number of hydrogen-bond acceptors (Lipinski definition) is 4. The zero-order chi connectivity index (χ0) is 13.7. The Hall–Kier alpha value is -1.85. The van der Waals surface area contributed by atoms with Gasteiger partial charge < -0.3 is 9.30 Å². The van der Waals surface area contributed by atoms with Crippen LogP contribution in [0.1, 0.15) is 30.6 Å². The summed E-state index contributed by atoms with van der Waals surface area (Å²) in [6.07, 6.45) is 4.72. The maximum atomic E-state index is 5.63. The van der Waals surface area contributed by atoms with Crippen LogP contribution in [0.25, 0.3) is 0 Å². The van der Waals surface area contributed by atoms with Crippen LogP contribution in [0.2, 0.25) is 0 Å². The predicted molar refractivity (Wildman–Crippen MR) is 74.6 cm³/mol. The summed E-state index contributed by atoms with van der Waals surface area (Å²) in [6, 6.07) is 7.81. The number of ether oxygens (including phenoxy) is 1. The number of aryl methyl sites for hydroxylation is 1. The van der Waals surface area contributed by atoms with E-state index in [0.29, 0.717) is 0 Å². The molecule has 0 radical (unpaired) electrons. The summed E-state index contributed by atoms with van der Waals surface area (Å²) in [6.45, 7) is 2.82. The van der Waals surface area contributed by atoms with Crippen molar-refractivity contribution in [2.24, 2.45) is 12.9 Å². The number of aromatic nitrogens is 2. The van der Waals surface area contributed by atoms with Crippen molar-refractivity contribution in [1.29, 1.82) is 0 Å². The van der Waals surface area contributed by atoms with Crippen molar-refractivity contribution >= 4 is 0 Å². The molecule has 2 aromatic rings. The van der Waals surface area contributed by atoms with E-state index in [1.165, 1.54) is 0 Å². The predicted octanol–water partition coefficient (Wildman–Crippen LogP) is 1.76. The zero-order valence-corrected chi connectivity index (χ0v) is 11.3. The second-order valence-electron chi connectivity index (χ2n) is 4.48. The Labute approximate surface area is 113 Å². The van der Waals surface area contributed by atoms with Gasteiger partial charge in [-0.1, -0.05) is 19.1 Å². The highest BCUT2D eigenvalue weighted by atomic mass is 16.5. The number of benzene rings is 1. The molecule has 0 fully saturated rings. The topological polar surface area (TPSA) is 65.1 Å². The number of rotatable bonds is 6. The highest BCUT2D eigenvalue weighted by Crippen LogP contribution is 2.22. The molecular weight excluding hydrogens is 240 g/mol. The van der Waals surface area contributed by atoms with Gasteiger partial charge in [0, 0.05) is 13.2 Å². The van der Waals surface area contributed by atoms with Crippen LogP contribution in [0, 0.1) is 0 Å². The highest BCUT2D eigenvalue weighted by Gasteiger charge is 2.14. The number of hydrazine groups is 1. The quantitative estimate of drug-likeness (QED) is 0.613. The molecule has 1 atom stereocenters. The van der Waals surface area contributed by atoms with Gasteiger partial charge in [-0.3, -0.25) is 5.84 Å². The van der Waals surface area contributed by atoms with Crippen molar-refractivity contribution in [1.82, 2.24) is 15.0 Å². The minimum Gasteiger partial charge on any atom is -0.494 e. The van der Waals surface area contributed by atoms with Crippen molar-refractivity contribution in [2.75, 3.05) is 6.61 Å². The maximum absolute atomic E-state index is 5.63. The highest BCUT2D eigenvalue weighted by molar-refractivity contribution is 5.32. The van der Waals surface area contributed by atoms with Crippen molar-refractivity contribution < 1.29 is 4.74 Å². The second kappa shape index (κ2) is 6.36. The normalized spacial score (nSPS) is 12.4. The van der Waals surface area contributed by atoms with Crippen LogP contribution in [-0.2, 0) is 7.05 Å². The first kappa shape index (κ1) is 13.6. The van der Waals surface area contributed by atoms with Gasteiger partial charge in [0.25, 0.3) is 0 Å². The Bertz CT molecular complexity index is 506. The van der Waals surface area contributed by atoms with Crippen LogP contribution in [0.15, 0.2) is 36.8 Å². The molecule has 5 heteroatoms. The molecule has 0 aliphatic carbocycles. The number of nitrogens with one attached hydrogen (secondary N) is 1. The summed E-state index contributed by atoms with van der Waals surface area (Å²) in [5, 5.41) is 0. The van der Waals surface area contributed by atoms with Crippen molar-refractivity contribution in [3.63, 3.8) is 0 Å². The lowest BCUT2D eigenvalue weighted by Crippen LogP contribution is -2.29. The van der Waals surface area contributed by atoms with E-state index in [-0.39, 0.29) is 6.04 Å². The van der Waals surface area contributed by atoms with E-state index in [4.69, 9.17) is 10.6 Å². The van der Waals surface area contributed by atoms with Gasteiger partial charge in [0.2, 0.25) is 0 Å². The average Bonchev–Trinajstić information content (AvgIpc) is 2.85. The SMILES string of the molecule is CCCOc1ccc(C(NN)c2cn(C)cn2)cc1. The van der Waals surface area contributed by atoms with Crippen molar-refractivity contribution in [3.8, 4) is 5.75 Å². The van der Waals surface area contributed by atoms with Crippen LogP contribution >= 0.6 is 0 Å². The smallest absolute Gasteiger partial charge is 0.119 e. The number of nitrogens with zero attached hydrogens (tertiary/aromatic N) is 2. The molecule has 2 rings (SSSR count). The molecule has 1 aromatic carbocycles. The minimum absolute atomic E-state index is 0.110. The largest absolute Gasteiger partial charge is 0.494 e. The van der Waals surface area contributed by atoms with Crippen LogP contribution in [0.5, 0.6) is 5.75 Å². The van der Waals surface area contributed by atoms with Crippen LogP contribution in [-0.4, -0.2) is 16.2 Å². The van der Waals surface area contributed by atoms with E-state index in [9.17, 15) is 0 Å². The molecule has 3 N–H and O–H groups in total. The summed E-state index contributed by atoms with van der Waals surface area (Å²) in [7, 11) is 1.94. The van der Waals surface area contributed by atoms with Gasteiger partial charge in [0.15, 0.2) is 0 Å². The fourth-order valence-corrected chi connectivity index (χ4v) is 1.91. The van der Waals surface area contributed by atoms with Gasteiger partial charge >= 0.3 is 0 Å². The molecule has 0 amide bonds. The van der Waals surface area contributed by atoms with Gasteiger partial charge in [0.1, 0.15) is 5.75 Å². The summed E-state index contributed by atoms with van der Waals surface area (Å²) in [5.41, 5.74) is 4.75. The lowest BCUT2D eigenvalue weighted by atomic mass is 10.1. The van der Waals surface area contributed by atoms with E-state index in [0.717, 1.165) is 30.0 Å². The molecule has 0 bridgehead atoms. The van der Waals surface area contributed by atoms with Gasteiger partial charge in [-0.15, -0.1) is 0 Å². The molecule has 0 saturated heterocycles. The maximum Gasteiger partial charge on any atom is 0.119 e. The van der Waals surface area contributed by atoms with E-state index >= 15 is 0 Å². The first-order valence-corrected chi connectivity index (χ1v) is 6.41. The Morgan fingerprint density at radius 2 is 2.11 bits per heavy atom. The Kier molecular flexibility index (Phi) is 4.54. The first-order chi connectivity index (χ1) is 9.24. The summed E-state index contributed by atoms with van der Waals surface area (Å²) < 4.78 is 7.46.